The van der Waals surface area contributed by atoms with Crippen LogP contribution in [0.2, 0.25) is 0 Å². The second kappa shape index (κ2) is 8.65. The SMILES string of the molecule is N[C@@H]1C[C@H](c2ccncc2NC(=O)c2csc(-c3c(F)cccc3F)n2)O[C@@H]2CCC[C@H]12. The molecule has 6 nitrogen and oxygen atoms in total. The van der Waals surface area contributed by atoms with E-state index in [1.54, 1.807) is 12.4 Å². The number of nitrogens with zero attached hydrogens (tertiary/aromatic N) is 2. The molecule has 1 aromatic carbocycles. The van der Waals surface area contributed by atoms with E-state index in [-0.39, 0.29) is 34.5 Å². The zero-order valence-corrected chi connectivity index (χ0v) is 17.9. The van der Waals surface area contributed by atoms with Gasteiger partial charge in [0.05, 0.1) is 29.7 Å². The normalized spacial score (nSPS) is 24.8. The molecule has 166 valence electrons. The lowest BCUT2D eigenvalue weighted by Gasteiger charge is -2.37. The Hall–Kier alpha value is -2.75. The molecule has 9 heteroatoms. The molecule has 1 aliphatic carbocycles. The summed E-state index contributed by atoms with van der Waals surface area (Å²) in [5, 5.41) is 4.40. The van der Waals surface area contributed by atoms with Crippen LogP contribution in [0, 0.1) is 17.6 Å². The maximum absolute atomic E-state index is 14.1. The number of aromatic nitrogens is 2. The molecular weight excluding hydrogens is 434 g/mol. The van der Waals surface area contributed by atoms with Crippen molar-refractivity contribution < 1.29 is 18.3 Å². The van der Waals surface area contributed by atoms with Crippen molar-refractivity contribution in [1.82, 2.24) is 9.97 Å². The second-order valence-electron chi connectivity index (χ2n) is 8.21. The summed E-state index contributed by atoms with van der Waals surface area (Å²) in [6, 6.07) is 5.47. The van der Waals surface area contributed by atoms with Gasteiger partial charge in [-0.3, -0.25) is 9.78 Å². The number of amides is 1. The maximum Gasteiger partial charge on any atom is 0.275 e. The summed E-state index contributed by atoms with van der Waals surface area (Å²) in [5.41, 5.74) is 7.57. The van der Waals surface area contributed by atoms with Crippen LogP contribution in [0.4, 0.5) is 14.5 Å². The van der Waals surface area contributed by atoms with Crippen molar-refractivity contribution in [1.29, 1.82) is 0 Å². The Morgan fingerprint density at radius 3 is 2.84 bits per heavy atom. The Morgan fingerprint density at radius 1 is 1.22 bits per heavy atom. The van der Waals surface area contributed by atoms with Gasteiger partial charge in [-0.1, -0.05) is 12.5 Å². The highest BCUT2D eigenvalue weighted by molar-refractivity contribution is 7.13. The summed E-state index contributed by atoms with van der Waals surface area (Å²) < 4.78 is 34.5. The van der Waals surface area contributed by atoms with Crippen molar-refractivity contribution in [2.75, 3.05) is 5.32 Å². The number of thiazole rings is 1. The molecule has 2 aromatic heterocycles. The fourth-order valence-corrected chi connectivity index (χ4v) is 5.52. The standard InChI is InChI=1S/C23H22F2N4O2S/c24-14-4-2-5-15(25)21(14)23-29-18(11-32-23)22(30)28-17-10-27-8-7-13(17)20-9-16(26)12-3-1-6-19(12)31-20/h2,4-5,7-8,10-12,16,19-20H,1,3,6,9,26H2,(H,28,30)/t12-,16-,19-,20-/m1/s1. The highest BCUT2D eigenvalue weighted by Gasteiger charge is 2.40. The maximum atomic E-state index is 14.1. The van der Waals surface area contributed by atoms with E-state index < -0.39 is 17.5 Å². The third-order valence-corrected chi connectivity index (χ3v) is 7.10. The highest BCUT2D eigenvalue weighted by atomic mass is 32.1. The smallest absolute Gasteiger partial charge is 0.275 e. The van der Waals surface area contributed by atoms with Crippen LogP contribution in [0.1, 0.15) is 47.8 Å². The Morgan fingerprint density at radius 2 is 2.03 bits per heavy atom. The van der Waals surface area contributed by atoms with Crippen molar-refractivity contribution in [2.24, 2.45) is 11.7 Å². The minimum absolute atomic E-state index is 0.0507. The first-order valence-electron chi connectivity index (χ1n) is 10.6. The third-order valence-electron chi connectivity index (χ3n) is 6.24. The Bertz CT molecular complexity index is 1130. The Labute approximate surface area is 187 Å². The Balaban J connectivity index is 1.37. The average Bonchev–Trinajstić information content (AvgIpc) is 3.44. The number of hydrogen-bond donors (Lipinski definition) is 2. The number of nitrogens with two attached hydrogens (primary N) is 1. The molecular formula is C23H22F2N4O2S. The predicted octanol–water partition coefficient (Wildman–Crippen LogP) is 4.69. The van der Waals surface area contributed by atoms with E-state index in [0.717, 1.165) is 48.3 Å². The van der Waals surface area contributed by atoms with Crippen molar-refractivity contribution in [3.05, 3.63) is 64.9 Å². The van der Waals surface area contributed by atoms with Gasteiger partial charge < -0.3 is 15.8 Å². The summed E-state index contributed by atoms with van der Waals surface area (Å²) in [5.74, 6) is -1.55. The van der Waals surface area contributed by atoms with E-state index in [1.807, 2.05) is 6.07 Å². The van der Waals surface area contributed by atoms with Crippen LogP contribution in [-0.2, 0) is 4.74 Å². The van der Waals surface area contributed by atoms with Gasteiger partial charge in [-0.05, 0) is 37.5 Å². The molecule has 5 rings (SSSR count). The molecule has 0 unspecified atom stereocenters. The van der Waals surface area contributed by atoms with Crippen LogP contribution in [0.15, 0.2) is 42.0 Å². The summed E-state index contributed by atoms with van der Waals surface area (Å²) >= 11 is 1.00. The van der Waals surface area contributed by atoms with Crippen LogP contribution in [-0.4, -0.2) is 28.0 Å². The first-order valence-corrected chi connectivity index (χ1v) is 11.5. The number of anilines is 1. The minimum atomic E-state index is -0.725. The molecule has 0 radical (unpaired) electrons. The zero-order valence-electron chi connectivity index (χ0n) is 17.1. The molecule has 1 amide bonds. The Kier molecular flexibility index (Phi) is 5.71. The van der Waals surface area contributed by atoms with Crippen LogP contribution in [0.5, 0.6) is 0 Å². The van der Waals surface area contributed by atoms with Crippen molar-refractivity contribution in [3.63, 3.8) is 0 Å². The summed E-state index contributed by atoms with van der Waals surface area (Å²) in [4.78, 5) is 21.1. The molecule has 4 atom stereocenters. The first-order chi connectivity index (χ1) is 15.5. The van der Waals surface area contributed by atoms with Gasteiger partial charge in [0.2, 0.25) is 0 Å². The van der Waals surface area contributed by atoms with Crippen LogP contribution in [0.25, 0.3) is 10.6 Å². The number of rotatable bonds is 4. The quantitative estimate of drug-likeness (QED) is 0.594. The van der Waals surface area contributed by atoms with Crippen molar-refractivity contribution in [2.45, 2.75) is 43.9 Å². The number of benzene rings is 1. The van der Waals surface area contributed by atoms with Gasteiger partial charge in [0.25, 0.3) is 5.91 Å². The number of halogens is 2. The number of ether oxygens (including phenoxy) is 1. The largest absolute Gasteiger partial charge is 0.370 e. The van der Waals surface area contributed by atoms with Gasteiger partial charge >= 0.3 is 0 Å². The molecule has 3 aromatic rings. The van der Waals surface area contributed by atoms with Crippen LogP contribution < -0.4 is 11.1 Å². The molecule has 3 N–H and O–H groups in total. The van der Waals surface area contributed by atoms with E-state index in [4.69, 9.17) is 10.5 Å². The summed E-state index contributed by atoms with van der Waals surface area (Å²) in [6.45, 7) is 0. The molecule has 0 bridgehead atoms. The fourth-order valence-electron chi connectivity index (χ4n) is 4.67. The van der Waals surface area contributed by atoms with Gasteiger partial charge in [-0.25, -0.2) is 13.8 Å². The lowest BCUT2D eigenvalue weighted by molar-refractivity contribution is -0.0800. The topological polar surface area (TPSA) is 90.1 Å². The number of fused-ring (bicyclic) bond motifs is 1. The van der Waals surface area contributed by atoms with Gasteiger partial charge in [0.1, 0.15) is 22.3 Å². The van der Waals surface area contributed by atoms with E-state index >= 15 is 0 Å². The van der Waals surface area contributed by atoms with E-state index in [9.17, 15) is 13.6 Å². The van der Waals surface area contributed by atoms with Gasteiger partial charge in [0.15, 0.2) is 0 Å². The van der Waals surface area contributed by atoms with Crippen molar-refractivity contribution in [3.8, 4) is 10.6 Å². The molecule has 32 heavy (non-hydrogen) atoms. The number of carbonyl (C=O) groups excluding carboxylic acids is 1. The molecule has 1 saturated carbocycles. The van der Waals surface area contributed by atoms with Crippen molar-refractivity contribution >= 4 is 22.9 Å². The summed E-state index contributed by atoms with van der Waals surface area (Å²) in [7, 11) is 0. The summed E-state index contributed by atoms with van der Waals surface area (Å²) in [6.07, 6.45) is 6.99. The number of nitrogens with one attached hydrogen (secondary N) is 1. The highest BCUT2D eigenvalue weighted by Crippen LogP contribution is 2.43. The monoisotopic (exact) mass is 456 g/mol. The molecule has 1 aliphatic heterocycles. The fraction of sp³-hybridized carbons (Fsp3) is 0.348. The lowest BCUT2D eigenvalue weighted by atomic mass is 9.87. The lowest BCUT2D eigenvalue weighted by Crippen LogP contribution is -2.43. The second-order valence-corrected chi connectivity index (χ2v) is 9.07. The van der Waals surface area contributed by atoms with Crippen LogP contribution in [0.3, 0.4) is 0 Å². The molecule has 1 saturated heterocycles. The van der Waals surface area contributed by atoms with E-state index in [2.05, 4.69) is 15.3 Å². The van der Waals surface area contributed by atoms with Crippen LogP contribution >= 0.6 is 11.3 Å². The molecule has 3 heterocycles. The third kappa shape index (κ3) is 3.92. The minimum Gasteiger partial charge on any atom is -0.370 e. The van der Waals surface area contributed by atoms with E-state index in [1.165, 1.54) is 11.4 Å². The number of carbonyl (C=O) groups is 1. The molecule has 0 spiro atoms. The van der Waals surface area contributed by atoms with Gasteiger partial charge in [-0.2, -0.15) is 0 Å². The average molecular weight is 457 g/mol. The molecule has 2 aliphatic rings. The number of pyridine rings is 1. The number of hydrogen-bond acceptors (Lipinski definition) is 6. The van der Waals surface area contributed by atoms with Gasteiger partial charge in [-0.15, -0.1) is 11.3 Å². The van der Waals surface area contributed by atoms with E-state index in [0.29, 0.717) is 18.0 Å². The molecule has 2 fully saturated rings. The van der Waals surface area contributed by atoms with Gasteiger partial charge in [0, 0.05) is 29.1 Å². The predicted molar refractivity (Wildman–Crippen MR) is 117 cm³/mol. The zero-order chi connectivity index (χ0) is 22.2. The first kappa shape index (κ1) is 21.1.